The average Bonchev–Trinajstić information content (AvgIpc) is 2.84. The first-order valence-electron chi connectivity index (χ1n) is 11.6. The number of nitro benzene ring substituents is 1. The molecule has 206 valence electrons. The predicted octanol–water partition coefficient (Wildman–Crippen LogP) is 3.26. The molecule has 0 aliphatic heterocycles. The first-order chi connectivity index (χ1) is 17.8. The average molecular weight is 533 g/mol. The van der Waals surface area contributed by atoms with Gasteiger partial charge in [0.15, 0.2) is 12.5 Å². The topological polar surface area (TPSA) is 153 Å². The molecule has 1 amide bonds. The molecule has 0 bridgehead atoms. The van der Waals surface area contributed by atoms with E-state index < -0.39 is 34.6 Å². The predicted molar refractivity (Wildman–Crippen MR) is 135 cm³/mol. The Bertz CT molecular complexity index is 1140. The highest BCUT2D eigenvalue weighted by molar-refractivity contribution is 5.83. The third kappa shape index (κ3) is 9.04. The number of esters is 2. The Kier molecular flexibility index (Phi) is 10.6. The zero-order valence-electron chi connectivity index (χ0n) is 22.1. The van der Waals surface area contributed by atoms with Gasteiger partial charge in [-0.1, -0.05) is 18.2 Å². The van der Waals surface area contributed by atoms with Crippen LogP contribution in [0.5, 0.6) is 11.5 Å². The van der Waals surface area contributed by atoms with Crippen LogP contribution in [-0.4, -0.2) is 55.4 Å². The van der Waals surface area contributed by atoms with Gasteiger partial charge in [-0.15, -0.1) is 0 Å². The molecule has 0 saturated carbocycles. The van der Waals surface area contributed by atoms with Crippen LogP contribution in [0.15, 0.2) is 42.5 Å². The first kappa shape index (κ1) is 30.0. The fourth-order valence-corrected chi connectivity index (χ4v) is 3.35. The Labute approximate surface area is 220 Å². The lowest BCUT2D eigenvalue weighted by Gasteiger charge is -2.25. The van der Waals surface area contributed by atoms with E-state index in [1.54, 1.807) is 45.0 Å². The summed E-state index contributed by atoms with van der Waals surface area (Å²) in [5.74, 6) is -1.50. The lowest BCUT2D eigenvalue weighted by Crippen LogP contribution is -2.41. The normalized spacial score (nSPS) is 12.6. The molecule has 0 spiro atoms. The van der Waals surface area contributed by atoms with E-state index in [1.165, 1.54) is 39.3 Å². The van der Waals surface area contributed by atoms with Gasteiger partial charge in [-0.25, -0.2) is 9.59 Å². The summed E-state index contributed by atoms with van der Waals surface area (Å²) in [6.07, 6.45) is -1.17. The number of nitro groups is 1. The van der Waals surface area contributed by atoms with Crippen LogP contribution in [0, 0.1) is 10.1 Å². The molecule has 12 nitrogen and oxygen atoms in total. The lowest BCUT2D eigenvalue weighted by molar-refractivity contribution is -0.386. The van der Waals surface area contributed by atoms with Crippen molar-refractivity contribution in [1.29, 1.82) is 0 Å². The maximum Gasteiger partial charge on any atom is 0.352 e. The van der Waals surface area contributed by atoms with Gasteiger partial charge in [0.1, 0.15) is 17.4 Å². The van der Waals surface area contributed by atoms with E-state index in [1.807, 2.05) is 0 Å². The van der Waals surface area contributed by atoms with Crippen LogP contribution in [0.4, 0.5) is 5.69 Å². The monoisotopic (exact) mass is 532 g/mol. The molecule has 2 rings (SSSR count). The van der Waals surface area contributed by atoms with Crippen molar-refractivity contribution in [1.82, 2.24) is 5.32 Å². The van der Waals surface area contributed by atoms with Gasteiger partial charge in [0, 0.05) is 32.1 Å². The summed E-state index contributed by atoms with van der Waals surface area (Å²) in [4.78, 5) is 47.5. The molecule has 38 heavy (non-hydrogen) atoms. The first-order valence-corrected chi connectivity index (χ1v) is 11.6. The van der Waals surface area contributed by atoms with Gasteiger partial charge in [-0.05, 0) is 44.5 Å². The van der Waals surface area contributed by atoms with Crippen molar-refractivity contribution in [3.8, 4) is 11.5 Å². The van der Waals surface area contributed by atoms with Gasteiger partial charge in [0.25, 0.3) is 0 Å². The summed E-state index contributed by atoms with van der Waals surface area (Å²) < 4.78 is 26.2. The standard InChI is InChI=1S/C26H32N2O10/c1-16(29)27-20(24(30)35-6)13-17-7-10-19(11-8-17)37-23(25(31)38-26(2,3)4)18-9-12-22(36-15-34-5)21(14-18)28(32)33/h7-12,14,20,23H,13,15H2,1-6H3,(H,27,29)/t20-,23?/m0/s1. The van der Waals surface area contributed by atoms with Crippen LogP contribution in [0.25, 0.3) is 0 Å². The Hall–Kier alpha value is -4.19. The molecule has 12 heteroatoms. The number of hydrogen-bond donors (Lipinski definition) is 1. The van der Waals surface area contributed by atoms with Crippen LogP contribution >= 0.6 is 0 Å². The van der Waals surface area contributed by atoms with Crippen LogP contribution in [-0.2, 0) is 35.0 Å². The molecule has 2 atom stereocenters. The van der Waals surface area contributed by atoms with E-state index in [0.29, 0.717) is 5.56 Å². The van der Waals surface area contributed by atoms with Gasteiger partial charge >= 0.3 is 17.6 Å². The number of benzene rings is 2. The number of nitrogens with one attached hydrogen (secondary N) is 1. The van der Waals surface area contributed by atoms with Gasteiger partial charge < -0.3 is 29.0 Å². The van der Waals surface area contributed by atoms with Crippen LogP contribution < -0.4 is 14.8 Å². The number of methoxy groups -OCH3 is 2. The molecule has 2 aromatic carbocycles. The summed E-state index contributed by atoms with van der Waals surface area (Å²) in [6.45, 7) is 6.16. The zero-order valence-corrected chi connectivity index (χ0v) is 22.1. The third-order valence-electron chi connectivity index (χ3n) is 4.92. The third-order valence-corrected chi connectivity index (χ3v) is 4.92. The number of amides is 1. The summed E-state index contributed by atoms with van der Waals surface area (Å²) in [5.41, 5.74) is -0.358. The molecule has 0 aliphatic carbocycles. The molecule has 2 aromatic rings. The van der Waals surface area contributed by atoms with E-state index in [4.69, 9.17) is 23.7 Å². The van der Waals surface area contributed by atoms with Crippen LogP contribution in [0.3, 0.4) is 0 Å². The summed E-state index contributed by atoms with van der Waals surface area (Å²) in [7, 11) is 2.61. The van der Waals surface area contributed by atoms with Crippen molar-refractivity contribution >= 4 is 23.5 Å². The second-order valence-electron chi connectivity index (χ2n) is 9.19. The zero-order chi connectivity index (χ0) is 28.5. The molecular weight excluding hydrogens is 500 g/mol. The van der Waals surface area contributed by atoms with Gasteiger partial charge in [-0.3, -0.25) is 14.9 Å². The maximum atomic E-state index is 13.1. The van der Waals surface area contributed by atoms with Crippen molar-refractivity contribution in [2.75, 3.05) is 21.0 Å². The smallest absolute Gasteiger partial charge is 0.352 e. The number of carbonyl (C=O) groups is 3. The minimum atomic E-state index is -1.34. The molecule has 0 heterocycles. The Balaban J connectivity index is 2.36. The fraction of sp³-hybridized carbons (Fsp3) is 0.423. The highest BCUT2D eigenvalue weighted by atomic mass is 16.7. The number of ether oxygens (including phenoxy) is 5. The molecule has 1 unspecified atom stereocenters. The van der Waals surface area contributed by atoms with Crippen molar-refractivity contribution in [2.45, 2.75) is 51.9 Å². The number of nitrogens with zero attached hydrogens (tertiary/aromatic N) is 1. The Morgan fingerprint density at radius 3 is 2.21 bits per heavy atom. The van der Waals surface area contributed by atoms with Crippen LogP contribution in [0.2, 0.25) is 0 Å². The second kappa shape index (κ2) is 13.4. The summed E-state index contributed by atoms with van der Waals surface area (Å²) in [5, 5.41) is 14.2. The fourth-order valence-electron chi connectivity index (χ4n) is 3.35. The molecule has 0 aliphatic rings. The maximum absolute atomic E-state index is 13.1. The van der Waals surface area contributed by atoms with Crippen molar-refractivity contribution in [2.24, 2.45) is 0 Å². The SMILES string of the molecule is COCOc1ccc(C(Oc2ccc(C[C@H](NC(C)=O)C(=O)OC)cc2)C(=O)OC(C)(C)C)cc1[N+](=O)[O-]. The molecule has 1 N–H and O–H groups in total. The number of carbonyl (C=O) groups excluding carboxylic acids is 3. The van der Waals surface area contributed by atoms with Crippen molar-refractivity contribution < 1.29 is 43.0 Å². The van der Waals surface area contributed by atoms with Crippen molar-refractivity contribution in [3.63, 3.8) is 0 Å². The second-order valence-corrected chi connectivity index (χ2v) is 9.19. The van der Waals surface area contributed by atoms with Gasteiger partial charge in [0.2, 0.25) is 12.0 Å². The number of rotatable bonds is 12. The highest BCUT2D eigenvalue weighted by Gasteiger charge is 2.31. The minimum absolute atomic E-state index is 0.0350. The Morgan fingerprint density at radius 2 is 1.68 bits per heavy atom. The molecular formula is C26H32N2O10. The molecule has 0 saturated heterocycles. The van der Waals surface area contributed by atoms with E-state index in [9.17, 15) is 24.5 Å². The molecule has 0 fully saturated rings. The van der Waals surface area contributed by atoms with Gasteiger partial charge in [-0.2, -0.15) is 0 Å². The van der Waals surface area contributed by atoms with E-state index in [-0.39, 0.29) is 41.9 Å². The Morgan fingerprint density at radius 1 is 1.03 bits per heavy atom. The van der Waals surface area contributed by atoms with E-state index in [0.717, 1.165) is 0 Å². The minimum Gasteiger partial charge on any atom is -0.474 e. The largest absolute Gasteiger partial charge is 0.474 e. The number of hydrogen-bond acceptors (Lipinski definition) is 10. The molecule has 0 aromatic heterocycles. The van der Waals surface area contributed by atoms with Crippen molar-refractivity contribution in [3.05, 3.63) is 63.7 Å². The summed E-state index contributed by atoms with van der Waals surface area (Å²) >= 11 is 0. The molecule has 0 radical (unpaired) electrons. The quantitative estimate of drug-likeness (QED) is 0.186. The van der Waals surface area contributed by atoms with E-state index in [2.05, 4.69) is 5.32 Å². The van der Waals surface area contributed by atoms with Gasteiger partial charge in [0.05, 0.1) is 12.0 Å². The highest BCUT2D eigenvalue weighted by Crippen LogP contribution is 2.33. The lowest BCUT2D eigenvalue weighted by atomic mass is 10.1. The van der Waals surface area contributed by atoms with Crippen LogP contribution in [0.1, 0.15) is 44.9 Å². The summed E-state index contributed by atoms with van der Waals surface area (Å²) in [6, 6.07) is 9.58. The van der Waals surface area contributed by atoms with E-state index >= 15 is 0 Å².